The summed E-state index contributed by atoms with van der Waals surface area (Å²) in [6.07, 6.45) is 0. The van der Waals surface area contributed by atoms with Crippen molar-refractivity contribution < 1.29 is 9.31 Å². The molecule has 0 saturated carbocycles. The van der Waals surface area contributed by atoms with Gasteiger partial charge in [0.05, 0.1) is 4.92 Å². The molecule has 2 aromatic rings. The molecule has 6 heteroatoms. The van der Waals surface area contributed by atoms with E-state index in [0.717, 1.165) is 5.56 Å². The Morgan fingerprint density at radius 3 is 2.45 bits per heavy atom. The summed E-state index contributed by atoms with van der Waals surface area (Å²) >= 11 is 0. The first kappa shape index (κ1) is 13.9. The van der Waals surface area contributed by atoms with E-state index >= 15 is 0 Å². The number of nitrogens with one attached hydrogen (secondary N) is 1. The molecule has 5 nitrogen and oxygen atoms in total. The fourth-order valence-electron chi connectivity index (χ4n) is 1.88. The number of hydrogen-bond acceptors (Lipinski definition) is 4. The van der Waals surface area contributed by atoms with Gasteiger partial charge < -0.3 is 5.32 Å². The Hall–Kier alpha value is -2.50. The number of anilines is 1. The molecule has 1 aromatic carbocycles. The lowest BCUT2D eigenvalue weighted by Crippen LogP contribution is -2.08. The molecule has 0 amide bonds. The number of nitro groups is 1. The van der Waals surface area contributed by atoms with Crippen LogP contribution in [0.1, 0.15) is 24.2 Å². The van der Waals surface area contributed by atoms with Crippen molar-refractivity contribution in [3.8, 4) is 0 Å². The summed E-state index contributed by atoms with van der Waals surface area (Å²) in [4.78, 5) is 14.4. The van der Waals surface area contributed by atoms with E-state index in [4.69, 9.17) is 0 Å². The Morgan fingerprint density at radius 1 is 1.25 bits per heavy atom. The van der Waals surface area contributed by atoms with Crippen LogP contribution in [0.2, 0.25) is 0 Å². The summed E-state index contributed by atoms with van der Waals surface area (Å²) in [6, 6.07) is 9.05. The van der Waals surface area contributed by atoms with E-state index in [9.17, 15) is 14.5 Å². The van der Waals surface area contributed by atoms with E-state index in [1.165, 1.54) is 18.2 Å². The minimum Gasteiger partial charge on any atom is -0.364 e. The van der Waals surface area contributed by atoms with Gasteiger partial charge in [-0.25, -0.2) is 9.37 Å². The van der Waals surface area contributed by atoms with Crippen molar-refractivity contribution in [3.05, 3.63) is 63.6 Å². The van der Waals surface area contributed by atoms with Gasteiger partial charge in [0, 0.05) is 12.1 Å². The molecule has 0 aliphatic carbocycles. The zero-order chi connectivity index (χ0) is 14.7. The van der Waals surface area contributed by atoms with E-state index in [1.807, 2.05) is 6.92 Å². The molecule has 0 spiro atoms. The van der Waals surface area contributed by atoms with E-state index in [0.29, 0.717) is 11.5 Å². The lowest BCUT2D eigenvalue weighted by molar-refractivity contribution is -0.385. The smallest absolute Gasteiger partial charge is 0.290 e. The van der Waals surface area contributed by atoms with Gasteiger partial charge in [-0.2, -0.15) is 0 Å². The van der Waals surface area contributed by atoms with Crippen LogP contribution in [-0.4, -0.2) is 9.91 Å². The molecule has 0 fully saturated rings. The number of hydrogen-bond donors (Lipinski definition) is 1. The molecule has 20 heavy (non-hydrogen) atoms. The van der Waals surface area contributed by atoms with E-state index < -0.39 is 4.92 Å². The molecular formula is C14H14FN3O2. The van der Waals surface area contributed by atoms with Gasteiger partial charge in [0.25, 0.3) is 5.69 Å². The van der Waals surface area contributed by atoms with Gasteiger partial charge in [0.15, 0.2) is 0 Å². The van der Waals surface area contributed by atoms with Gasteiger partial charge in [0.2, 0.25) is 0 Å². The van der Waals surface area contributed by atoms with Crippen LogP contribution in [0.5, 0.6) is 0 Å². The van der Waals surface area contributed by atoms with E-state index in [1.54, 1.807) is 25.1 Å². The Labute approximate surface area is 115 Å². The highest BCUT2D eigenvalue weighted by Gasteiger charge is 2.13. The second-order valence-electron chi connectivity index (χ2n) is 4.48. The van der Waals surface area contributed by atoms with Crippen LogP contribution in [0.3, 0.4) is 0 Å². The molecule has 2 rings (SSSR count). The number of rotatable bonds is 4. The minimum absolute atomic E-state index is 0.00927. The van der Waals surface area contributed by atoms with Gasteiger partial charge in [-0.1, -0.05) is 12.1 Å². The van der Waals surface area contributed by atoms with Crippen LogP contribution in [0.25, 0.3) is 0 Å². The van der Waals surface area contributed by atoms with Crippen LogP contribution >= 0.6 is 0 Å². The van der Waals surface area contributed by atoms with Crippen LogP contribution in [0, 0.1) is 22.9 Å². The fraction of sp³-hybridized carbons (Fsp3) is 0.214. The molecule has 104 valence electrons. The maximum absolute atomic E-state index is 12.9. The SMILES string of the molecule is Cc1nc(NC(C)c2ccc(F)cc2)ccc1[N+](=O)[O-]. The average molecular weight is 275 g/mol. The first-order chi connectivity index (χ1) is 9.47. The van der Waals surface area contributed by atoms with Crippen molar-refractivity contribution in [2.75, 3.05) is 5.32 Å². The predicted molar refractivity (Wildman–Crippen MR) is 74.1 cm³/mol. The number of nitrogens with zero attached hydrogens (tertiary/aromatic N) is 2. The highest BCUT2D eigenvalue weighted by Crippen LogP contribution is 2.22. The molecule has 0 bridgehead atoms. The van der Waals surface area contributed by atoms with Crippen LogP contribution in [0.15, 0.2) is 36.4 Å². The third-order valence-electron chi connectivity index (χ3n) is 2.99. The second-order valence-corrected chi connectivity index (χ2v) is 4.48. The van der Waals surface area contributed by atoms with Crippen molar-refractivity contribution in [1.29, 1.82) is 0 Å². The molecule has 0 aliphatic rings. The third kappa shape index (κ3) is 3.09. The minimum atomic E-state index is -0.463. The maximum atomic E-state index is 12.9. The van der Waals surface area contributed by atoms with Gasteiger partial charge in [-0.3, -0.25) is 10.1 Å². The quantitative estimate of drug-likeness (QED) is 0.683. The van der Waals surface area contributed by atoms with Crippen molar-refractivity contribution in [2.45, 2.75) is 19.9 Å². The number of benzene rings is 1. The summed E-state index contributed by atoms with van der Waals surface area (Å²) in [5, 5.41) is 13.8. The highest BCUT2D eigenvalue weighted by molar-refractivity contribution is 5.46. The molecule has 0 radical (unpaired) electrons. The van der Waals surface area contributed by atoms with Gasteiger partial charge in [-0.05, 0) is 37.6 Å². The van der Waals surface area contributed by atoms with Crippen molar-refractivity contribution in [3.63, 3.8) is 0 Å². The zero-order valence-electron chi connectivity index (χ0n) is 11.1. The first-order valence-electron chi connectivity index (χ1n) is 6.11. The number of pyridine rings is 1. The van der Waals surface area contributed by atoms with Crippen molar-refractivity contribution in [2.24, 2.45) is 0 Å². The first-order valence-corrected chi connectivity index (χ1v) is 6.11. The Kier molecular flexibility index (Phi) is 3.93. The fourth-order valence-corrected chi connectivity index (χ4v) is 1.88. The molecule has 1 N–H and O–H groups in total. The summed E-state index contributed by atoms with van der Waals surface area (Å²) in [5.41, 5.74) is 1.25. The lowest BCUT2D eigenvalue weighted by Gasteiger charge is -2.15. The summed E-state index contributed by atoms with van der Waals surface area (Å²) in [5.74, 6) is 0.259. The normalized spacial score (nSPS) is 11.9. The summed E-state index contributed by atoms with van der Waals surface area (Å²) in [6.45, 7) is 3.50. The highest BCUT2D eigenvalue weighted by atomic mass is 19.1. The maximum Gasteiger partial charge on any atom is 0.290 e. The van der Waals surface area contributed by atoms with Crippen molar-refractivity contribution in [1.82, 2.24) is 4.98 Å². The van der Waals surface area contributed by atoms with Gasteiger partial charge in [0.1, 0.15) is 17.3 Å². The number of halogens is 1. The Bertz CT molecular complexity index is 629. The van der Waals surface area contributed by atoms with Gasteiger partial charge in [-0.15, -0.1) is 0 Å². The molecule has 1 aromatic heterocycles. The van der Waals surface area contributed by atoms with Crippen LogP contribution < -0.4 is 5.32 Å². The molecular weight excluding hydrogens is 261 g/mol. The average Bonchev–Trinajstić information content (AvgIpc) is 2.39. The number of aromatic nitrogens is 1. The molecule has 1 atom stereocenters. The molecule has 1 unspecified atom stereocenters. The largest absolute Gasteiger partial charge is 0.364 e. The molecule has 1 heterocycles. The van der Waals surface area contributed by atoms with Crippen LogP contribution in [-0.2, 0) is 0 Å². The molecule has 0 aliphatic heterocycles. The Balaban J connectivity index is 2.15. The standard InChI is InChI=1S/C14H14FN3O2/c1-9(11-3-5-12(15)6-4-11)16-14-8-7-13(18(19)20)10(2)17-14/h3-9H,1-2H3,(H,16,17). The molecule has 0 saturated heterocycles. The second kappa shape index (κ2) is 5.64. The van der Waals surface area contributed by atoms with E-state index in [-0.39, 0.29) is 17.5 Å². The zero-order valence-corrected chi connectivity index (χ0v) is 11.1. The Morgan fingerprint density at radius 2 is 1.90 bits per heavy atom. The van der Waals surface area contributed by atoms with Gasteiger partial charge >= 0.3 is 0 Å². The topological polar surface area (TPSA) is 68.1 Å². The van der Waals surface area contributed by atoms with Crippen molar-refractivity contribution >= 4 is 11.5 Å². The summed E-state index contributed by atoms with van der Waals surface area (Å²) in [7, 11) is 0. The van der Waals surface area contributed by atoms with E-state index in [2.05, 4.69) is 10.3 Å². The monoisotopic (exact) mass is 275 g/mol. The predicted octanol–water partition coefficient (Wildman–Crippen LogP) is 3.61. The number of aryl methyl sites for hydroxylation is 1. The lowest BCUT2D eigenvalue weighted by atomic mass is 10.1. The summed E-state index contributed by atoms with van der Waals surface area (Å²) < 4.78 is 12.9. The van der Waals surface area contributed by atoms with Crippen LogP contribution in [0.4, 0.5) is 15.9 Å². The third-order valence-corrected chi connectivity index (χ3v) is 2.99.